The Bertz CT molecular complexity index is 598. The summed E-state index contributed by atoms with van der Waals surface area (Å²) < 4.78 is 18.6. The highest BCUT2D eigenvalue weighted by Gasteiger charge is 2.16. The first-order valence-corrected chi connectivity index (χ1v) is 7.05. The smallest absolute Gasteiger partial charge is 0.229 e. The average molecular weight is 293 g/mol. The molecule has 1 heterocycles. The topological polar surface area (TPSA) is 85.2 Å². The van der Waals surface area contributed by atoms with Gasteiger partial charge in [0.05, 0.1) is 0 Å². The van der Waals surface area contributed by atoms with Crippen LogP contribution < -0.4 is 5.73 Å². The molecule has 5 nitrogen and oxygen atoms in total. The van der Waals surface area contributed by atoms with Gasteiger partial charge in [-0.05, 0) is 38.0 Å². The van der Waals surface area contributed by atoms with Crippen molar-refractivity contribution in [3.05, 3.63) is 29.9 Å². The van der Waals surface area contributed by atoms with Gasteiger partial charge in [-0.15, -0.1) is 0 Å². The lowest BCUT2D eigenvalue weighted by molar-refractivity contribution is 0.350. The molecule has 114 valence electrons. The first-order valence-electron chi connectivity index (χ1n) is 7.05. The molecule has 0 fully saturated rings. The van der Waals surface area contributed by atoms with Crippen LogP contribution in [0.3, 0.4) is 0 Å². The SMILES string of the molecule is CC(N)CCCC(C)c1nc(-c2ccc(O)c(F)c2)no1. The molecule has 0 spiro atoms. The number of aromatic hydroxyl groups is 1. The first-order chi connectivity index (χ1) is 9.97. The van der Waals surface area contributed by atoms with Crippen LogP contribution in [-0.2, 0) is 0 Å². The van der Waals surface area contributed by atoms with Gasteiger partial charge in [0.1, 0.15) is 0 Å². The second kappa shape index (κ2) is 6.67. The van der Waals surface area contributed by atoms with E-state index in [4.69, 9.17) is 10.3 Å². The van der Waals surface area contributed by atoms with E-state index in [1.165, 1.54) is 12.1 Å². The lowest BCUT2D eigenvalue weighted by Gasteiger charge is -2.07. The third-order valence-corrected chi connectivity index (χ3v) is 3.37. The van der Waals surface area contributed by atoms with Crippen molar-refractivity contribution in [1.82, 2.24) is 10.1 Å². The lowest BCUT2D eigenvalue weighted by atomic mass is 10.0. The van der Waals surface area contributed by atoms with Gasteiger partial charge in [0.15, 0.2) is 11.6 Å². The molecule has 0 radical (unpaired) electrons. The van der Waals surface area contributed by atoms with Crippen molar-refractivity contribution >= 4 is 0 Å². The van der Waals surface area contributed by atoms with Gasteiger partial charge in [0.25, 0.3) is 0 Å². The normalized spacial score (nSPS) is 14.1. The average Bonchev–Trinajstić information content (AvgIpc) is 2.91. The summed E-state index contributed by atoms with van der Waals surface area (Å²) in [5, 5.41) is 13.0. The molecule has 0 aliphatic heterocycles. The van der Waals surface area contributed by atoms with Crippen LogP contribution in [0.5, 0.6) is 5.75 Å². The number of rotatable bonds is 6. The highest BCUT2D eigenvalue weighted by Crippen LogP contribution is 2.26. The van der Waals surface area contributed by atoms with E-state index in [9.17, 15) is 9.50 Å². The number of phenolic OH excluding ortho intramolecular Hbond substituents is 1. The highest BCUT2D eigenvalue weighted by atomic mass is 19.1. The Labute approximate surface area is 123 Å². The fraction of sp³-hybridized carbons (Fsp3) is 0.467. The molecule has 3 N–H and O–H groups in total. The molecule has 0 saturated carbocycles. The second-order valence-corrected chi connectivity index (χ2v) is 5.43. The van der Waals surface area contributed by atoms with Gasteiger partial charge in [-0.3, -0.25) is 0 Å². The van der Waals surface area contributed by atoms with Crippen molar-refractivity contribution < 1.29 is 14.0 Å². The Balaban J connectivity index is 2.05. The van der Waals surface area contributed by atoms with Gasteiger partial charge in [0, 0.05) is 17.5 Å². The minimum absolute atomic E-state index is 0.131. The van der Waals surface area contributed by atoms with E-state index in [-0.39, 0.29) is 12.0 Å². The van der Waals surface area contributed by atoms with Gasteiger partial charge in [-0.25, -0.2) is 4.39 Å². The summed E-state index contributed by atoms with van der Waals surface area (Å²) in [6, 6.07) is 4.20. The van der Waals surface area contributed by atoms with Crippen LogP contribution in [0.25, 0.3) is 11.4 Å². The standard InChI is InChI=1S/C15H20FN3O2/c1-9(4-3-5-10(2)17)15-18-14(19-21-15)11-6-7-13(20)12(16)8-11/h6-10,20H,3-5,17H2,1-2H3. The Hall–Kier alpha value is -1.95. The predicted octanol–water partition coefficient (Wildman–Crippen LogP) is 3.20. The largest absolute Gasteiger partial charge is 0.505 e. The molecular weight excluding hydrogens is 273 g/mol. The van der Waals surface area contributed by atoms with Gasteiger partial charge >= 0.3 is 0 Å². The number of aromatic nitrogens is 2. The number of nitrogens with two attached hydrogens (primary N) is 1. The van der Waals surface area contributed by atoms with Gasteiger partial charge in [-0.2, -0.15) is 4.98 Å². The van der Waals surface area contributed by atoms with Crippen LogP contribution in [-0.4, -0.2) is 21.3 Å². The van der Waals surface area contributed by atoms with Crippen molar-refractivity contribution in [2.24, 2.45) is 5.73 Å². The minimum Gasteiger partial charge on any atom is -0.505 e. The summed E-state index contributed by atoms with van der Waals surface area (Å²) in [6.45, 7) is 3.99. The maximum atomic E-state index is 13.3. The summed E-state index contributed by atoms with van der Waals surface area (Å²) in [5.41, 5.74) is 6.19. The Kier molecular flexibility index (Phi) is 4.90. The molecule has 0 amide bonds. The highest BCUT2D eigenvalue weighted by molar-refractivity contribution is 5.55. The van der Waals surface area contributed by atoms with Crippen LogP contribution in [0.1, 0.15) is 44.9 Å². The molecule has 0 bridgehead atoms. The van der Waals surface area contributed by atoms with E-state index in [0.717, 1.165) is 19.3 Å². The van der Waals surface area contributed by atoms with Gasteiger partial charge in [0.2, 0.25) is 11.7 Å². The van der Waals surface area contributed by atoms with Crippen LogP contribution in [0.15, 0.2) is 22.7 Å². The summed E-state index contributed by atoms with van der Waals surface area (Å²) >= 11 is 0. The van der Waals surface area contributed by atoms with Gasteiger partial charge in [-0.1, -0.05) is 18.5 Å². The molecule has 1 aromatic heterocycles. The van der Waals surface area contributed by atoms with E-state index in [0.29, 0.717) is 17.3 Å². The van der Waals surface area contributed by atoms with Gasteiger partial charge < -0.3 is 15.4 Å². The monoisotopic (exact) mass is 293 g/mol. The van der Waals surface area contributed by atoms with E-state index in [1.807, 2.05) is 13.8 Å². The molecule has 2 atom stereocenters. The van der Waals surface area contributed by atoms with E-state index >= 15 is 0 Å². The van der Waals surface area contributed by atoms with Crippen LogP contribution in [0, 0.1) is 5.82 Å². The maximum absolute atomic E-state index is 13.3. The zero-order valence-electron chi connectivity index (χ0n) is 12.2. The Morgan fingerprint density at radius 1 is 1.33 bits per heavy atom. The number of nitrogens with zero attached hydrogens (tertiary/aromatic N) is 2. The van der Waals surface area contributed by atoms with Crippen LogP contribution in [0.2, 0.25) is 0 Å². The molecule has 0 aliphatic carbocycles. The summed E-state index contributed by atoms with van der Waals surface area (Å²) in [7, 11) is 0. The summed E-state index contributed by atoms with van der Waals surface area (Å²) in [5.74, 6) is -0.117. The Morgan fingerprint density at radius 2 is 2.10 bits per heavy atom. The lowest BCUT2D eigenvalue weighted by Crippen LogP contribution is -2.14. The van der Waals surface area contributed by atoms with Crippen LogP contribution in [0.4, 0.5) is 4.39 Å². The number of benzene rings is 1. The fourth-order valence-electron chi connectivity index (χ4n) is 2.07. The first kappa shape index (κ1) is 15.4. The molecule has 21 heavy (non-hydrogen) atoms. The van der Waals surface area contributed by atoms with E-state index < -0.39 is 11.6 Å². The molecule has 0 saturated heterocycles. The van der Waals surface area contributed by atoms with Crippen molar-refractivity contribution in [2.75, 3.05) is 0 Å². The summed E-state index contributed by atoms with van der Waals surface area (Å²) in [6.07, 6.45) is 2.85. The molecular formula is C15H20FN3O2. The fourth-order valence-corrected chi connectivity index (χ4v) is 2.07. The number of hydrogen-bond donors (Lipinski definition) is 2. The molecule has 1 aromatic carbocycles. The molecule has 2 unspecified atom stereocenters. The van der Waals surface area contributed by atoms with E-state index in [2.05, 4.69) is 10.1 Å². The number of hydrogen-bond acceptors (Lipinski definition) is 5. The maximum Gasteiger partial charge on any atom is 0.229 e. The number of phenols is 1. The third kappa shape index (κ3) is 4.01. The van der Waals surface area contributed by atoms with Crippen molar-refractivity contribution in [1.29, 1.82) is 0 Å². The second-order valence-electron chi connectivity index (χ2n) is 5.43. The molecule has 2 rings (SSSR count). The summed E-state index contributed by atoms with van der Waals surface area (Å²) in [4.78, 5) is 4.29. The van der Waals surface area contributed by atoms with Crippen molar-refractivity contribution in [3.63, 3.8) is 0 Å². The minimum atomic E-state index is -0.705. The van der Waals surface area contributed by atoms with Crippen molar-refractivity contribution in [2.45, 2.75) is 45.1 Å². The predicted molar refractivity (Wildman–Crippen MR) is 77.3 cm³/mol. The van der Waals surface area contributed by atoms with Crippen LogP contribution >= 0.6 is 0 Å². The van der Waals surface area contributed by atoms with Crippen molar-refractivity contribution in [3.8, 4) is 17.1 Å². The molecule has 2 aromatic rings. The third-order valence-electron chi connectivity index (χ3n) is 3.37. The van der Waals surface area contributed by atoms with E-state index in [1.54, 1.807) is 6.07 Å². The number of halogens is 1. The molecule has 6 heteroatoms. The Morgan fingerprint density at radius 3 is 2.76 bits per heavy atom. The zero-order chi connectivity index (χ0) is 15.4. The zero-order valence-corrected chi connectivity index (χ0v) is 12.2. The quantitative estimate of drug-likeness (QED) is 0.854. The molecule has 0 aliphatic rings.